The summed E-state index contributed by atoms with van der Waals surface area (Å²) in [6, 6.07) is 5.87. The number of rotatable bonds is 11. The Labute approximate surface area is 146 Å². The Bertz CT molecular complexity index is 638. The van der Waals surface area contributed by atoms with Gasteiger partial charge in [-0.25, -0.2) is 4.79 Å². The maximum Gasteiger partial charge on any atom is 0.341 e. The fourth-order valence-corrected chi connectivity index (χ4v) is 2.06. The minimum absolute atomic E-state index is 0.0203. The van der Waals surface area contributed by atoms with Crippen LogP contribution >= 0.6 is 0 Å². The number of ether oxygens (including phenoxy) is 2. The molecule has 1 rings (SSSR count). The second kappa shape index (κ2) is 11.1. The predicted molar refractivity (Wildman–Crippen MR) is 93.1 cm³/mol. The van der Waals surface area contributed by atoms with Crippen LogP contribution in [0.3, 0.4) is 0 Å². The van der Waals surface area contributed by atoms with E-state index in [4.69, 9.17) is 9.47 Å². The molecule has 0 fully saturated rings. The molecule has 0 spiro atoms. The van der Waals surface area contributed by atoms with Gasteiger partial charge in [-0.15, -0.1) is 0 Å². The molecule has 0 atom stereocenters. The molecule has 1 aromatic carbocycles. The number of carbonyl (C=O) groups is 2. The lowest BCUT2D eigenvalue weighted by Gasteiger charge is -2.07. The first-order valence-electron chi connectivity index (χ1n) is 8.18. The third kappa shape index (κ3) is 7.26. The molecule has 0 saturated carbocycles. The van der Waals surface area contributed by atoms with Gasteiger partial charge in [0.15, 0.2) is 5.78 Å². The van der Waals surface area contributed by atoms with Crippen LogP contribution in [0.25, 0.3) is 6.08 Å². The van der Waals surface area contributed by atoms with Crippen LogP contribution in [0.15, 0.2) is 29.8 Å². The molecular formula is C18H23NO6. The number of unbranched alkanes of at least 4 members (excludes halogenated alkanes) is 2. The molecule has 0 N–H and O–H groups in total. The maximum atomic E-state index is 12.1. The van der Waals surface area contributed by atoms with Crippen molar-refractivity contribution in [3.05, 3.63) is 45.5 Å². The molecule has 7 heteroatoms. The second-order valence-electron chi connectivity index (χ2n) is 5.39. The molecule has 0 amide bonds. The third-order valence-electron chi connectivity index (χ3n) is 3.39. The Morgan fingerprint density at radius 1 is 1.16 bits per heavy atom. The Hall–Kier alpha value is -2.54. The zero-order valence-corrected chi connectivity index (χ0v) is 14.5. The van der Waals surface area contributed by atoms with Crippen molar-refractivity contribution < 1.29 is 24.0 Å². The van der Waals surface area contributed by atoms with E-state index in [1.54, 1.807) is 6.07 Å². The summed E-state index contributed by atoms with van der Waals surface area (Å²) >= 11 is 0. The first-order chi connectivity index (χ1) is 12.0. The maximum absolute atomic E-state index is 12.1. The van der Waals surface area contributed by atoms with E-state index in [1.165, 1.54) is 31.2 Å². The summed E-state index contributed by atoms with van der Waals surface area (Å²) in [5, 5.41) is 11.0. The lowest BCUT2D eigenvalue weighted by Crippen LogP contribution is -2.17. The highest BCUT2D eigenvalue weighted by Gasteiger charge is 2.19. The van der Waals surface area contributed by atoms with Gasteiger partial charge in [0.25, 0.3) is 5.69 Å². The highest BCUT2D eigenvalue weighted by molar-refractivity contribution is 6.20. The normalized spacial score (nSPS) is 11.2. The van der Waals surface area contributed by atoms with Crippen molar-refractivity contribution in [3.63, 3.8) is 0 Å². The molecule has 7 nitrogen and oxygen atoms in total. The minimum atomic E-state index is -0.817. The van der Waals surface area contributed by atoms with Crippen LogP contribution in [0.5, 0.6) is 0 Å². The first-order valence-corrected chi connectivity index (χ1v) is 8.18. The van der Waals surface area contributed by atoms with Crippen molar-refractivity contribution in [3.8, 4) is 0 Å². The molecule has 25 heavy (non-hydrogen) atoms. The Kier molecular flexibility index (Phi) is 9.10. The number of ketones is 1. The molecule has 0 saturated heterocycles. The van der Waals surface area contributed by atoms with Gasteiger partial charge in [0, 0.05) is 12.7 Å². The SMILES string of the molecule is CCCCCOCCOC(=O)C(=Cc1ccccc1[N+](=O)[O-])C(C)=O. The van der Waals surface area contributed by atoms with Gasteiger partial charge in [-0.2, -0.15) is 0 Å². The van der Waals surface area contributed by atoms with E-state index < -0.39 is 16.7 Å². The summed E-state index contributed by atoms with van der Waals surface area (Å²) in [5.74, 6) is -1.34. The van der Waals surface area contributed by atoms with E-state index in [2.05, 4.69) is 6.92 Å². The number of benzene rings is 1. The molecule has 0 aliphatic rings. The van der Waals surface area contributed by atoms with Crippen LogP contribution in [0.1, 0.15) is 38.7 Å². The van der Waals surface area contributed by atoms with E-state index in [1.807, 2.05) is 0 Å². The highest BCUT2D eigenvalue weighted by atomic mass is 16.6. The summed E-state index contributed by atoms with van der Waals surface area (Å²) < 4.78 is 10.3. The zero-order valence-electron chi connectivity index (χ0n) is 14.5. The quantitative estimate of drug-likeness (QED) is 0.116. The van der Waals surface area contributed by atoms with Gasteiger partial charge in [-0.1, -0.05) is 31.9 Å². The Morgan fingerprint density at radius 3 is 2.52 bits per heavy atom. The number of esters is 1. The molecular weight excluding hydrogens is 326 g/mol. The van der Waals surface area contributed by atoms with Crippen molar-refractivity contribution in [2.45, 2.75) is 33.1 Å². The van der Waals surface area contributed by atoms with Crippen molar-refractivity contribution in [1.82, 2.24) is 0 Å². The summed E-state index contributed by atoms with van der Waals surface area (Å²) in [4.78, 5) is 34.2. The molecule has 0 heterocycles. The Balaban J connectivity index is 2.69. The largest absolute Gasteiger partial charge is 0.460 e. The van der Waals surface area contributed by atoms with Crippen LogP contribution in [0.2, 0.25) is 0 Å². The minimum Gasteiger partial charge on any atom is -0.460 e. The van der Waals surface area contributed by atoms with Gasteiger partial charge in [-0.3, -0.25) is 14.9 Å². The monoisotopic (exact) mass is 349 g/mol. The number of para-hydroxylation sites is 1. The molecule has 0 unspecified atom stereocenters. The average Bonchev–Trinajstić information content (AvgIpc) is 2.58. The summed E-state index contributed by atoms with van der Waals surface area (Å²) in [7, 11) is 0. The molecule has 0 aliphatic heterocycles. The number of nitro groups is 1. The molecule has 0 aliphatic carbocycles. The topological polar surface area (TPSA) is 95.7 Å². The van der Waals surface area contributed by atoms with Crippen molar-refractivity contribution in [1.29, 1.82) is 0 Å². The number of nitro benzene ring substituents is 1. The summed E-state index contributed by atoms with van der Waals surface area (Å²) in [6.45, 7) is 4.16. The van der Waals surface area contributed by atoms with Crippen molar-refractivity contribution in [2.75, 3.05) is 19.8 Å². The van der Waals surface area contributed by atoms with Crippen LogP contribution in [-0.2, 0) is 19.1 Å². The third-order valence-corrected chi connectivity index (χ3v) is 3.39. The molecule has 0 bridgehead atoms. The van der Waals surface area contributed by atoms with Gasteiger partial charge in [0.2, 0.25) is 0 Å². The fraction of sp³-hybridized carbons (Fsp3) is 0.444. The van der Waals surface area contributed by atoms with Crippen LogP contribution < -0.4 is 0 Å². The predicted octanol–water partition coefficient (Wildman–Crippen LogP) is 3.32. The number of hydrogen-bond donors (Lipinski definition) is 0. The molecule has 136 valence electrons. The van der Waals surface area contributed by atoms with Gasteiger partial charge in [0.05, 0.1) is 17.1 Å². The number of nitrogens with zero attached hydrogens (tertiary/aromatic N) is 1. The summed E-state index contributed by atoms with van der Waals surface area (Å²) in [6.07, 6.45) is 4.30. The van der Waals surface area contributed by atoms with E-state index in [0.717, 1.165) is 19.3 Å². The lowest BCUT2D eigenvalue weighted by atomic mass is 10.1. The van der Waals surface area contributed by atoms with Crippen LogP contribution in [-0.4, -0.2) is 36.5 Å². The number of Topliss-reactive ketones (excluding diaryl/α,β-unsaturated/α-hetero) is 1. The average molecular weight is 349 g/mol. The van der Waals surface area contributed by atoms with E-state index in [0.29, 0.717) is 6.61 Å². The van der Waals surface area contributed by atoms with E-state index in [9.17, 15) is 19.7 Å². The molecule has 1 aromatic rings. The Morgan fingerprint density at radius 2 is 1.88 bits per heavy atom. The molecule has 0 radical (unpaired) electrons. The van der Waals surface area contributed by atoms with Crippen molar-refractivity contribution in [2.24, 2.45) is 0 Å². The van der Waals surface area contributed by atoms with Gasteiger partial charge in [0.1, 0.15) is 12.2 Å². The highest BCUT2D eigenvalue weighted by Crippen LogP contribution is 2.21. The first kappa shape index (κ1) is 20.5. The van der Waals surface area contributed by atoms with Crippen molar-refractivity contribution >= 4 is 23.5 Å². The zero-order chi connectivity index (χ0) is 18.7. The van der Waals surface area contributed by atoms with Crippen LogP contribution in [0.4, 0.5) is 5.69 Å². The van der Waals surface area contributed by atoms with E-state index in [-0.39, 0.29) is 30.0 Å². The number of carbonyl (C=O) groups excluding carboxylic acids is 2. The second-order valence-corrected chi connectivity index (χ2v) is 5.39. The molecule has 0 aromatic heterocycles. The van der Waals surface area contributed by atoms with E-state index >= 15 is 0 Å². The lowest BCUT2D eigenvalue weighted by molar-refractivity contribution is -0.385. The fourth-order valence-electron chi connectivity index (χ4n) is 2.06. The van der Waals surface area contributed by atoms with Gasteiger partial charge < -0.3 is 9.47 Å². The smallest absolute Gasteiger partial charge is 0.341 e. The standard InChI is InChI=1S/C18H23NO6/c1-3-4-7-10-24-11-12-25-18(21)16(14(2)20)13-15-8-5-6-9-17(15)19(22)23/h5-6,8-9,13H,3-4,7,10-12H2,1-2H3. The van der Waals surface area contributed by atoms with Gasteiger partial charge >= 0.3 is 5.97 Å². The van der Waals surface area contributed by atoms with Gasteiger partial charge in [-0.05, 0) is 25.5 Å². The van der Waals surface area contributed by atoms with Crippen LogP contribution in [0, 0.1) is 10.1 Å². The number of hydrogen-bond acceptors (Lipinski definition) is 6. The summed E-state index contributed by atoms with van der Waals surface area (Å²) in [5.41, 5.74) is -0.251.